The third-order valence-corrected chi connectivity index (χ3v) is 7.49. The largest absolute Gasteiger partial charge is 0.493 e. The summed E-state index contributed by atoms with van der Waals surface area (Å²) in [6.07, 6.45) is 1.59. The summed E-state index contributed by atoms with van der Waals surface area (Å²) in [4.78, 5) is 12.3. The number of carboxylic acid groups (broad SMARTS) is 1. The number of hydrogen-bond donors (Lipinski definition) is 1. The summed E-state index contributed by atoms with van der Waals surface area (Å²) in [6, 6.07) is 16.9. The highest BCUT2D eigenvalue weighted by Crippen LogP contribution is 2.34. The number of methoxy groups -OCH3 is 1. The van der Waals surface area contributed by atoms with Crippen molar-refractivity contribution in [2.45, 2.75) is 46.0 Å². The van der Waals surface area contributed by atoms with Gasteiger partial charge in [-0.05, 0) is 104 Å². The van der Waals surface area contributed by atoms with Gasteiger partial charge in [0, 0.05) is 17.1 Å². The van der Waals surface area contributed by atoms with Gasteiger partial charge in [0.2, 0.25) is 0 Å². The van der Waals surface area contributed by atoms with E-state index in [0.717, 1.165) is 22.9 Å². The molecule has 3 aromatic carbocycles. The molecule has 0 radical (unpaired) electrons. The van der Waals surface area contributed by atoms with E-state index in [2.05, 4.69) is 43.1 Å². The maximum Gasteiger partial charge on any atom is 0.342 e. The van der Waals surface area contributed by atoms with Gasteiger partial charge in [-0.1, -0.05) is 35.4 Å². The standard InChI is InChI=1S/C30H30ClN3O4S/c1-6-34-28(22-8-10-23(31)11-9-22)32-33-30(34)39-27(29(35)36)16-21-7-12-25(26(15-21)37-5)38-17-24-19(3)13-18(2)14-20(24)4/h7-16H,6,17H2,1-5H3,(H,35,36)/b27-16-. The second kappa shape index (κ2) is 12.4. The number of nitrogens with zero attached hydrogens (tertiary/aromatic N) is 3. The van der Waals surface area contributed by atoms with Gasteiger partial charge in [0.15, 0.2) is 22.5 Å². The Balaban J connectivity index is 1.58. The molecule has 0 saturated heterocycles. The second-order valence-corrected chi connectivity index (χ2v) is 10.5. The van der Waals surface area contributed by atoms with E-state index in [4.69, 9.17) is 21.1 Å². The molecule has 0 unspecified atom stereocenters. The lowest BCUT2D eigenvalue weighted by Gasteiger charge is -2.15. The fourth-order valence-electron chi connectivity index (χ4n) is 4.33. The summed E-state index contributed by atoms with van der Waals surface area (Å²) >= 11 is 7.06. The monoisotopic (exact) mass is 563 g/mol. The molecule has 0 atom stereocenters. The minimum atomic E-state index is -1.07. The van der Waals surface area contributed by atoms with Gasteiger partial charge in [-0.15, -0.1) is 10.2 Å². The van der Waals surface area contributed by atoms with Gasteiger partial charge in [0.05, 0.1) is 7.11 Å². The van der Waals surface area contributed by atoms with Crippen LogP contribution in [-0.2, 0) is 17.9 Å². The van der Waals surface area contributed by atoms with Crippen LogP contribution in [0.1, 0.15) is 34.7 Å². The van der Waals surface area contributed by atoms with Gasteiger partial charge in [0.25, 0.3) is 0 Å². The average Bonchev–Trinajstić information content (AvgIpc) is 3.31. The van der Waals surface area contributed by atoms with Crippen LogP contribution >= 0.6 is 23.4 Å². The minimum absolute atomic E-state index is 0.0985. The molecular formula is C30H30ClN3O4S. The predicted molar refractivity (Wildman–Crippen MR) is 156 cm³/mol. The zero-order valence-corrected chi connectivity index (χ0v) is 24.1. The van der Waals surface area contributed by atoms with E-state index in [1.54, 1.807) is 43.5 Å². The van der Waals surface area contributed by atoms with E-state index in [1.165, 1.54) is 16.7 Å². The van der Waals surface area contributed by atoms with Gasteiger partial charge in [-0.25, -0.2) is 4.79 Å². The van der Waals surface area contributed by atoms with Crippen molar-refractivity contribution in [1.29, 1.82) is 0 Å². The molecule has 9 heteroatoms. The summed E-state index contributed by atoms with van der Waals surface area (Å²) in [5, 5.41) is 19.6. The van der Waals surface area contributed by atoms with Crippen molar-refractivity contribution in [2.24, 2.45) is 0 Å². The first-order valence-electron chi connectivity index (χ1n) is 12.4. The summed E-state index contributed by atoms with van der Waals surface area (Å²) in [7, 11) is 1.56. The van der Waals surface area contributed by atoms with Crippen molar-refractivity contribution < 1.29 is 19.4 Å². The molecule has 4 rings (SSSR count). The first-order valence-corrected chi connectivity index (χ1v) is 13.6. The van der Waals surface area contributed by atoms with Crippen LogP contribution in [-0.4, -0.2) is 33.0 Å². The average molecular weight is 564 g/mol. The maximum absolute atomic E-state index is 12.2. The predicted octanol–water partition coefficient (Wildman–Crippen LogP) is 7.35. The number of aromatic nitrogens is 3. The molecule has 0 aliphatic rings. The summed E-state index contributed by atoms with van der Waals surface area (Å²) in [5.74, 6) is 0.673. The normalized spacial score (nSPS) is 11.5. The lowest BCUT2D eigenvalue weighted by molar-refractivity contribution is -0.131. The Morgan fingerprint density at radius 1 is 1.03 bits per heavy atom. The third kappa shape index (κ3) is 6.64. The fraction of sp³-hybridized carbons (Fsp3) is 0.233. The first kappa shape index (κ1) is 28.3. The number of aliphatic carboxylic acids is 1. The number of carbonyl (C=O) groups is 1. The van der Waals surface area contributed by atoms with E-state index >= 15 is 0 Å². The number of hydrogen-bond acceptors (Lipinski definition) is 6. The van der Waals surface area contributed by atoms with Crippen LogP contribution in [0.5, 0.6) is 11.5 Å². The van der Waals surface area contributed by atoms with Crippen LogP contribution in [0.3, 0.4) is 0 Å². The van der Waals surface area contributed by atoms with E-state index in [1.807, 2.05) is 23.6 Å². The molecule has 0 saturated carbocycles. The van der Waals surface area contributed by atoms with Gasteiger partial charge in [-0.2, -0.15) is 0 Å². The summed E-state index contributed by atoms with van der Waals surface area (Å²) in [5.41, 5.74) is 6.20. The summed E-state index contributed by atoms with van der Waals surface area (Å²) in [6.45, 7) is 9.16. The molecule has 1 N–H and O–H groups in total. The van der Waals surface area contributed by atoms with Gasteiger partial charge >= 0.3 is 5.97 Å². The van der Waals surface area contributed by atoms with Crippen LogP contribution < -0.4 is 9.47 Å². The molecule has 1 aromatic heterocycles. The van der Waals surface area contributed by atoms with Crippen LogP contribution in [0.2, 0.25) is 5.02 Å². The number of halogens is 1. The number of aryl methyl sites for hydroxylation is 3. The molecule has 7 nitrogen and oxygen atoms in total. The smallest absolute Gasteiger partial charge is 0.342 e. The first-order chi connectivity index (χ1) is 18.7. The topological polar surface area (TPSA) is 86.5 Å². The van der Waals surface area contributed by atoms with Gasteiger partial charge in [0.1, 0.15) is 11.5 Å². The number of benzene rings is 3. The molecule has 0 spiro atoms. The van der Waals surface area contributed by atoms with Crippen LogP contribution in [0.4, 0.5) is 0 Å². The Bertz CT molecular complexity index is 1510. The quantitative estimate of drug-likeness (QED) is 0.159. The number of ether oxygens (including phenoxy) is 2. The van der Waals surface area contributed by atoms with Crippen molar-refractivity contribution >= 4 is 35.4 Å². The number of carboxylic acids is 1. The lowest BCUT2D eigenvalue weighted by atomic mass is 10.0. The highest BCUT2D eigenvalue weighted by atomic mass is 35.5. The van der Waals surface area contributed by atoms with Crippen molar-refractivity contribution in [1.82, 2.24) is 14.8 Å². The van der Waals surface area contributed by atoms with Crippen molar-refractivity contribution in [3.63, 3.8) is 0 Å². The van der Waals surface area contributed by atoms with Crippen LogP contribution in [0.25, 0.3) is 17.5 Å². The molecule has 0 fully saturated rings. The van der Waals surface area contributed by atoms with Gasteiger partial charge < -0.3 is 19.1 Å². The van der Waals surface area contributed by atoms with Crippen LogP contribution in [0, 0.1) is 20.8 Å². The molecule has 1 heterocycles. The highest BCUT2D eigenvalue weighted by Gasteiger charge is 2.19. The molecule has 4 aromatic rings. The van der Waals surface area contributed by atoms with E-state index < -0.39 is 5.97 Å². The maximum atomic E-state index is 12.2. The molecule has 0 aliphatic heterocycles. The molecule has 0 aliphatic carbocycles. The SMILES string of the molecule is CCn1c(S/C(=C\c2ccc(OCc3c(C)cc(C)cc3C)c(OC)c2)C(=O)O)nnc1-c1ccc(Cl)cc1. The Hall–Kier alpha value is -3.75. The fourth-order valence-corrected chi connectivity index (χ4v) is 5.34. The Kier molecular flexibility index (Phi) is 8.99. The zero-order chi connectivity index (χ0) is 28.1. The highest BCUT2D eigenvalue weighted by molar-refractivity contribution is 8.04. The van der Waals surface area contributed by atoms with Crippen molar-refractivity contribution in [3.8, 4) is 22.9 Å². The van der Waals surface area contributed by atoms with Crippen LogP contribution in [0.15, 0.2) is 64.7 Å². The van der Waals surface area contributed by atoms with E-state index in [9.17, 15) is 9.90 Å². The van der Waals surface area contributed by atoms with E-state index in [0.29, 0.717) is 46.2 Å². The van der Waals surface area contributed by atoms with Gasteiger partial charge in [-0.3, -0.25) is 0 Å². The number of thioether (sulfide) groups is 1. The summed E-state index contributed by atoms with van der Waals surface area (Å²) < 4.78 is 13.5. The third-order valence-electron chi connectivity index (χ3n) is 6.25. The lowest BCUT2D eigenvalue weighted by Crippen LogP contribution is -2.03. The zero-order valence-electron chi connectivity index (χ0n) is 22.5. The van der Waals surface area contributed by atoms with E-state index in [-0.39, 0.29) is 4.91 Å². The molecule has 39 heavy (non-hydrogen) atoms. The minimum Gasteiger partial charge on any atom is -0.493 e. The second-order valence-electron chi connectivity index (χ2n) is 9.05. The Labute approximate surface area is 237 Å². The number of rotatable bonds is 10. The molecule has 0 bridgehead atoms. The van der Waals surface area contributed by atoms with Crippen molar-refractivity contribution in [2.75, 3.05) is 7.11 Å². The molecular weight excluding hydrogens is 534 g/mol. The molecule has 202 valence electrons. The Morgan fingerprint density at radius 2 is 1.72 bits per heavy atom. The Morgan fingerprint density at radius 3 is 2.33 bits per heavy atom. The molecule has 0 amide bonds. The van der Waals surface area contributed by atoms with Crippen molar-refractivity contribution in [3.05, 3.63) is 92.3 Å².